The van der Waals surface area contributed by atoms with Crippen LogP contribution in [-0.2, 0) is 0 Å². The van der Waals surface area contributed by atoms with Gasteiger partial charge in [0.15, 0.2) is 5.58 Å². The smallest absolute Gasteiger partial charge is 0.335 e. The molecule has 1 aliphatic rings. The van der Waals surface area contributed by atoms with E-state index in [1.165, 1.54) is 12.1 Å². The van der Waals surface area contributed by atoms with Crippen molar-refractivity contribution in [3.8, 4) is 0 Å². The number of aromatic nitrogens is 1. The van der Waals surface area contributed by atoms with E-state index in [4.69, 9.17) is 14.6 Å². The van der Waals surface area contributed by atoms with E-state index in [1.807, 2.05) is 0 Å². The standard InChI is InChI=1S/C15H18N2O4/c18-8-2-4-11-3-1-7-17(11)15-16-12-6-5-10(14(19)20)9-13(12)21-15/h5-6,9,11,18H,1-4,7-8H2,(H,19,20). The second-order valence-electron chi connectivity index (χ2n) is 5.34. The Hall–Kier alpha value is -2.08. The van der Waals surface area contributed by atoms with Crippen LogP contribution in [0.4, 0.5) is 6.01 Å². The number of benzene rings is 1. The van der Waals surface area contributed by atoms with Gasteiger partial charge in [-0.3, -0.25) is 0 Å². The maximum absolute atomic E-state index is 11.0. The number of fused-ring (bicyclic) bond motifs is 1. The van der Waals surface area contributed by atoms with Gasteiger partial charge in [0.05, 0.1) is 5.56 Å². The summed E-state index contributed by atoms with van der Waals surface area (Å²) in [6, 6.07) is 5.60. The van der Waals surface area contributed by atoms with Crippen LogP contribution in [0.1, 0.15) is 36.0 Å². The zero-order valence-electron chi connectivity index (χ0n) is 11.7. The lowest BCUT2D eigenvalue weighted by Crippen LogP contribution is -2.29. The molecule has 1 aliphatic heterocycles. The highest BCUT2D eigenvalue weighted by Gasteiger charge is 2.28. The molecule has 112 valence electrons. The summed E-state index contributed by atoms with van der Waals surface area (Å²) >= 11 is 0. The van der Waals surface area contributed by atoms with Gasteiger partial charge in [0.25, 0.3) is 6.01 Å². The van der Waals surface area contributed by atoms with Crippen molar-refractivity contribution in [1.29, 1.82) is 0 Å². The monoisotopic (exact) mass is 290 g/mol. The lowest BCUT2D eigenvalue weighted by Gasteiger charge is -2.22. The third kappa shape index (κ3) is 2.71. The number of hydrogen-bond donors (Lipinski definition) is 2. The predicted molar refractivity (Wildman–Crippen MR) is 77.7 cm³/mol. The van der Waals surface area contributed by atoms with Crippen molar-refractivity contribution in [2.24, 2.45) is 0 Å². The molecule has 0 aliphatic carbocycles. The molecule has 2 N–H and O–H groups in total. The quantitative estimate of drug-likeness (QED) is 0.878. The first-order valence-corrected chi connectivity index (χ1v) is 7.20. The summed E-state index contributed by atoms with van der Waals surface area (Å²) < 4.78 is 5.74. The average Bonchev–Trinajstić information content (AvgIpc) is 3.09. The van der Waals surface area contributed by atoms with Crippen molar-refractivity contribution in [2.75, 3.05) is 18.1 Å². The van der Waals surface area contributed by atoms with Crippen LogP contribution in [0.2, 0.25) is 0 Å². The Morgan fingerprint density at radius 1 is 1.48 bits per heavy atom. The van der Waals surface area contributed by atoms with Crippen LogP contribution < -0.4 is 4.90 Å². The Kier molecular flexibility index (Phi) is 3.79. The summed E-state index contributed by atoms with van der Waals surface area (Å²) in [5, 5.41) is 18.0. The summed E-state index contributed by atoms with van der Waals surface area (Å²) in [5.41, 5.74) is 1.36. The molecule has 2 heterocycles. The molecule has 1 aromatic carbocycles. The summed E-state index contributed by atoms with van der Waals surface area (Å²) in [6.07, 6.45) is 3.83. The SMILES string of the molecule is O=C(O)c1ccc2nc(N3CCCC3CCCO)oc2c1. The van der Waals surface area contributed by atoms with E-state index in [1.54, 1.807) is 6.07 Å². The highest BCUT2D eigenvalue weighted by Crippen LogP contribution is 2.30. The van der Waals surface area contributed by atoms with Crippen molar-refractivity contribution < 1.29 is 19.4 Å². The van der Waals surface area contributed by atoms with Crippen LogP contribution in [0.5, 0.6) is 0 Å². The van der Waals surface area contributed by atoms with E-state index in [9.17, 15) is 4.79 Å². The maximum atomic E-state index is 11.0. The molecule has 0 radical (unpaired) electrons. The minimum Gasteiger partial charge on any atom is -0.478 e. The normalized spacial score (nSPS) is 18.5. The molecule has 0 bridgehead atoms. The van der Waals surface area contributed by atoms with Gasteiger partial charge in [-0.05, 0) is 43.9 Å². The van der Waals surface area contributed by atoms with E-state index < -0.39 is 5.97 Å². The molecule has 0 spiro atoms. The molecular formula is C15H18N2O4. The molecule has 1 atom stereocenters. The minimum atomic E-state index is -0.975. The van der Waals surface area contributed by atoms with Crippen LogP contribution in [-0.4, -0.2) is 40.4 Å². The molecule has 0 saturated carbocycles. The van der Waals surface area contributed by atoms with E-state index in [2.05, 4.69) is 9.88 Å². The molecule has 3 rings (SSSR count). The molecule has 1 unspecified atom stereocenters. The number of aliphatic hydroxyl groups excluding tert-OH is 1. The molecule has 2 aromatic rings. The Bertz CT molecular complexity index is 652. The Balaban J connectivity index is 1.88. The number of aliphatic hydroxyl groups is 1. The third-order valence-electron chi connectivity index (χ3n) is 3.94. The van der Waals surface area contributed by atoms with Crippen molar-refractivity contribution in [3.05, 3.63) is 23.8 Å². The number of anilines is 1. The van der Waals surface area contributed by atoms with Gasteiger partial charge in [0.2, 0.25) is 0 Å². The molecule has 1 fully saturated rings. The Labute approximate surface area is 122 Å². The lowest BCUT2D eigenvalue weighted by atomic mass is 10.1. The summed E-state index contributed by atoms with van der Waals surface area (Å²) in [5.74, 6) is -0.975. The fraction of sp³-hybridized carbons (Fsp3) is 0.467. The topological polar surface area (TPSA) is 86.8 Å². The van der Waals surface area contributed by atoms with Crippen LogP contribution >= 0.6 is 0 Å². The molecule has 6 nitrogen and oxygen atoms in total. The number of carboxylic acids is 1. The van der Waals surface area contributed by atoms with Gasteiger partial charge < -0.3 is 19.5 Å². The zero-order chi connectivity index (χ0) is 14.8. The van der Waals surface area contributed by atoms with E-state index in [0.29, 0.717) is 23.2 Å². The second-order valence-corrected chi connectivity index (χ2v) is 5.34. The number of aromatic carboxylic acids is 1. The first-order valence-electron chi connectivity index (χ1n) is 7.20. The fourth-order valence-electron chi connectivity index (χ4n) is 2.88. The number of carbonyl (C=O) groups is 1. The van der Waals surface area contributed by atoms with Crippen molar-refractivity contribution >= 4 is 23.1 Å². The van der Waals surface area contributed by atoms with E-state index in [0.717, 1.165) is 32.2 Å². The van der Waals surface area contributed by atoms with Gasteiger partial charge in [0.1, 0.15) is 5.52 Å². The van der Waals surface area contributed by atoms with Crippen molar-refractivity contribution in [3.63, 3.8) is 0 Å². The molecule has 1 saturated heterocycles. The third-order valence-corrected chi connectivity index (χ3v) is 3.94. The molecule has 21 heavy (non-hydrogen) atoms. The molecule has 1 aromatic heterocycles. The second kappa shape index (κ2) is 5.73. The number of nitrogens with zero attached hydrogens (tertiary/aromatic N) is 2. The Morgan fingerprint density at radius 2 is 2.33 bits per heavy atom. The number of oxazole rings is 1. The Morgan fingerprint density at radius 3 is 3.10 bits per heavy atom. The van der Waals surface area contributed by atoms with Gasteiger partial charge in [-0.25, -0.2) is 4.79 Å². The highest BCUT2D eigenvalue weighted by atomic mass is 16.4. The van der Waals surface area contributed by atoms with Crippen LogP contribution in [0.15, 0.2) is 22.6 Å². The first kappa shape index (κ1) is 13.9. The van der Waals surface area contributed by atoms with Crippen LogP contribution in [0.25, 0.3) is 11.1 Å². The van der Waals surface area contributed by atoms with Gasteiger partial charge in [-0.1, -0.05) is 0 Å². The van der Waals surface area contributed by atoms with Crippen molar-refractivity contribution in [2.45, 2.75) is 31.7 Å². The van der Waals surface area contributed by atoms with Gasteiger partial charge in [-0.2, -0.15) is 4.98 Å². The largest absolute Gasteiger partial charge is 0.478 e. The lowest BCUT2D eigenvalue weighted by molar-refractivity contribution is 0.0697. The van der Waals surface area contributed by atoms with E-state index in [-0.39, 0.29) is 12.2 Å². The first-order chi connectivity index (χ1) is 10.2. The molecular weight excluding hydrogens is 272 g/mol. The molecule has 0 amide bonds. The van der Waals surface area contributed by atoms with E-state index >= 15 is 0 Å². The van der Waals surface area contributed by atoms with Gasteiger partial charge >= 0.3 is 5.97 Å². The minimum absolute atomic E-state index is 0.194. The maximum Gasteiger partial charge on any atom is 0.335 e. The fourth-order valence-corrected chi connectivity index (χ4v) is 2.88. The average molecular weight is 290 g/mol. The zero-order valence-corrected chi connectivity index (χ0v) is 11.7. The van der Waals surface area contributed by atoms with Crippen LogP contribution in [0, 0.1) is 0 Å². The van der Waals surface area contributed by atoms with Gasteiger partial charge in [-0.15, -0.1) is 0 Å². The van der Waals surface area contributed by atoms with Crippen LogP contribution in [0.3, 0.4) is 0 Å². The number of rotatable bonds is 5. The summed E-state index contributed by atoms with van der Waals surface area (Å²) in [4.78, 5) is 17.6. The predicted octanol–water partition coefficient (Wildman–Crippen LogP) is 2.27. The highest BCUT2D eigenvalue weighted by molar-refractivity contribution is 5.92. The molecule has 6 heteroatoms. The summed E-state index contributed by atoms with van der Waals surface area (Å²) in [6.45, 7) is 1.08. The van der Waals surface area contributed by atoms with Crippen molar-refractivity contribution in [1.82, 2.24) is 4.98 Å². The number of hydrogen-bond acceptors (Lipinski definition) is 5. The van der Waals surface area contributed by atoms with Gasteiger partial charge in [0, 0.05) is 19.2 Å². The number of carboxylic acid groups (broad SMARTS) is 1. The summed E-state index contributed by atoms with van der Waals surface area (Å²) in [7, 11) is 0.